The molecule has 0 bridgehead atoms. The maximum absolute atomic E-state index is 11.0. The molecule has 0 aromatic carbocycles. The summed E-state index contributed by atoms with van der Waals surface area (Å²) in [5, 5.41) is 0. The Kier molecular flexibility index (Phi) is 1.70. The molecule has 0 spiro atoms. The fourth-order valence-corrected chi connectivity index (χ4v) is 1.12. The van der Waals surface area contributed by atoms with Gasteiger partial charge in [-0.05, 0) is 0 Å². The summed E-state index contributed by atoms with van der Waals surface area (Å²) in [6.45, 7) is 0. The van der Waals surface area contributed by atoms with Crippen LogP contribution in [0.3, 0.4) is 0 Å². The van der Waals surface area contributed by atoms with E-state index in [4.69, 9.17) is 24.4 Å². The maximum Gasteiger partial charge on any atom is 0.329 e. The van der Waals surface area contributed by atoms with Gasteiger partial charge in [0.1, 0.15) is 9.98 Å². The van der Waals surface area contributed by atoms with Gasteiger partial charge in [0.05, 0.1) is 0 Å². The highest BCUT2D eigenvalue weighted by Crippen LogP contribution is 2.09. The number of hydrogen-bond acceptors (Lipinski definition) is 3. The topological polar surface area (TPSA) is 23.6 Å². The molecule has 0 saturated carbocycles. The van der Waals surface area contributed by atoms with E-state index in [1.807, 2.05) is 0 Å². The minimum atomic E-state index is -0.157. The van der Waals surface area contributed by atoms with E-state index in [2.05, 4.69) is 0 Å². The Balaban J connectivity index is 3.00. The number of carbonyl (C=O) groups is 1. The number of nitrogens with zero attached hydrogens (tertiary/aromatic N) is 2. The van der Waals surface area contributed by atoms with E-state index in [9.17, 15) is 4.79 Å². The highest BCUT2D eigenvalue weighted by molar-refractivity contribution is 7.89. The van der Waals surface area contributed by atoms with Gasteiger partial charge < -0.3 is 0 Å². The smallest absolute Gasteiger partial charge is 0.285 e. The number of amides is 2. The highest BCUT2D eigenvalue weighted by Gasteiger charge is 2.32. The van der Waals surface area contributed by atoms with Crippen LogP contribution in [-0.2, 0) is 0 Å². The van der Waals surface area contributed by atoms with Crippen molar-refractivity contribution >= 4 is 40.4 Å². The maximum atomic E-state index is 11.0. The molecule has 0 unspecified atom stereocenters. The number of urea groups is 1. The van der Waals surface area contributed by atoms with Crippen molar-refractivity contribution in [2.45, 2.75) is 0 Å². The van der Waals surface area contributed by atoms with Crippen molar-refractivity contribution in [2.24, 2.45) is 0 Å². The molecule has 1 aliphatic heterocycles. The quantitative estimate of drug-likeness (QED) is 0.503. The molecule has 0 atom stereocenters. The van der Waals surface area contributed by atoms with Gasteiger partial charge in [0, 0.05) is 14.1 Å². The fraction of sp³-hybridized carbons (Fsp3) is 0.400. The summed E-state index contributed by atoms with van der Waals surface area (Å²) < 4.78 is 0. The van der Waals surface area contributed by atoms with Gasteiger partial charge in [-0.1, -0.05) is 24.4 Å². The van der Waals surface area contributed by atoms with Crippen molar-refractivity contribution in [1.82, 2.24) is 9.80 Å². The first kappa shape index (κ1) is 7.56. The number of rotatable bonds is 0. The van der Waals surface area contributed by atoms with Crippen molar-refractivity contribution in [3.63, 3.8) is 0 Å². The first-order valence-electron chi connectivity index (χ1n) is 2.65. The number of likely N-dealkylation sites (N-methyl/N-ethyl adjacent to an activating group) is 2. The second kappa shape index (κ2) is 2.25. The molecule has 5 heteroatoms. The molecule has 54 valence electrons. The first-order chi connectivity index (χ1) is 4.55. The molecule has 1 aliphatic rings. The Morgan fingerprint density at radius 3 is 1.50 bits per heavy atom. The fourth-order valence-electron chi connectivity index (χ4n) is 0.686. The van der Waals surface area contributed by atoms with Crippen LogP contribution in [0, 0.1) is 0 Å². The molecule has 1 heterocycles. The molecule has 10 heavy (non-hydrogen) atoms. The van der Waals surface area contributed by atoms with Gasteiger partial charge in [-0.15, -0.1) is 0 Å². The monoisotopic (exact) mass is 174 g/mol. The van der Waals surface area contributed by atoms with E-state index < -0.39 is 0 Å². The number of thiocarbonyl (C=S) groups is 2. The summed E-state index contributed by atoms with van der Waals surface area (Å²) in [6, 6.07) is -0.157. The standard InChI is InChI=1S/C5H6N2OS2/c1-6-3(9)4(10)7(2)5(6)8/h1-2H3. The van der Waals surface area contributed by atoms with Gasteiger partial charge in [0.25, 0.3) is 0 Å². The van der Waals surface area contributed by atoms with Crippen molar-refractivity contribution in [2.75, 3.05) is 14.1 Å². The zero-order chi connectivity index (χ0) is 7.89. The van der Waals surface area contributed by atoms with Crippen LogP contribution in [0.15, 0.2) is 0 Å². The molecular formula is C5H6N2OS2. The van der Waals surface area contributed by atoms with Gasteiger partial charge in [0.15, 0.2) is 0 Å². The zero-order valence-electron chi connectivity index (χ0n) is 5.62. The molecule has 0 N–H and O–H groups in total. The third-order valence-electron chi connectivity index (χ3n) is 1.37. The Morgan fingerprint density at radius 1 is 1.10 bits per heavy atom. The lowest BCUT2D eigenvalue weighted by Gasteiger charge is -2.05. The lowest BCUT2D eigenvalue weighted by atomic mass is 10.6. The van der Waals surface area contributed by atoms with E-state index in [1.54, 1.807) is 14.1 Å². The normalized spacial score (nSPS) is 19.2. The summed E-state index contributed by atoms with van der Waals surface area (Å²) in [5.74, 6) is 0. The lowest BCUT2D eigenvalue weighted by molar-refractivity contribution is 0.217. The first-order valence-corrected chi connectivity index (χ1v) is 3.47. The second-order valence-corrected chi connectivity index (χ2v) is 2.78. The van der Waals surface area contributed by atoms with Crippen LogP contribution < -0.4 is 0 Å². The molecule has 0 radical (unpaired) electrons. The largest absolute Gasteiger partial charge is 0.329 e. The highest BCUT2D eigenvalue weighted by atomic mass is 32.1. The summed E-state index contributed by atoms with van der Waals surface area (Å²) in [7, 11) is 3.22. The van der Waals surface area contributed by atoms with Crippen LogP contribution in [0.2, 0.25) is 0 Å². The van der Waals surface area contributed by atoms with E-state index in [1.165, 1.54) is 9.80 Å². The van der Waals surface area contributed by atoms with Crippen LogP contribution >= 0.6 is 24.4 Å². The number of carbonyl (C=O) groups excluding carboxylic acids is 1. The molecule has 1 rings (SSSR count). The number of hydrogen-bond donors (Lipinski definition) is 0. The van der Waals surface area contributed by atoms with Crippen molar-refractivity contribution in [3.05, 3.63) is 0 Å². The van der Waals surface area contributed by atoms with Gasteiger partial charge in [-0.3, -0.25) is 9.80 Å². The summed E-state index contributed by atoms with van der Waals surface area (Å²) in [4.78, 5) is 14.6. The van der Waals surface area contributed by atoms with Gasteiger partial charge in [0.2, 0.25) is 0 Å². The molecule has 3 nitrogen and oxygen atoms in total. The SMILES string of the molecule is CN1C(=O)N(C)C(=S)C1=S. The average Bonchev–Trinajstić information content (AvgIpc) is 2.07. The van der Waals surface area contributed by atoms with Crippen LogP contribution in [0.1, 0.15) is 0 Å². The van der Waals surface area contributed by atoms with Crippen molar-refractivity contribution in [1.29, 1.82) is 0 Å². The second-order valence-electron chi connectivity index (χ2n) is 2.01. The third kappa shape index (κ3) is 0.819. The van der Waals surface area contributed by atoms with Gasteiger partial charge >= 0.3 is 6.03 Å². The van der Waals surface area contributed by atoms with Crippen LogP contribution in [0.5, 0.6) is 0 Å². The lowest BCUT2D eigenvalue weighted by Crippen LogP contribution is -2.27. The predicted molar refractivity (Wildman–Crippen MR) is 46.1 cm³/mol. The van der Waals surface area contributed by atoms with Crippen LogP contribution in [0.25, 0.3) is 0 Å². The van der Waals surface area contributed by atoms with E-state index in [0.717, 1.165) is 0 Å². The van der Waals surface area contributed by atoms with E-state index >= 15 is 0 Å². The Labute approximate surface area is 69.6 Å². The predicted octanol–water partition coefficient (Wildman–Crippen LogP) is 0.638. The minimum Gasteiger partial charge on any atom is -0.285 e. The molecule has 1 fully saturated rings. The van der Waals surface area contributed by atoms with Gasteiger partial charge in [-0.2, -0.15) is 0 Å². The molecule has 2 amide bonds. The van der Waals surface area contributed by atoms with Crippen molar-refractivity contribution in [3.8, 4) is 0 Å². The average molecular weight is 174 g/mol. The van der Waals surface area contributed by atoms with Crippen molar-refractivity contribution < 1.29 is 4.79 Å². The molecule has 0 aliphatic carbocycles. The summed E-state index contributed by atoms with van der Waals surface area (Å²) in [6.07, 6.45) is 0. The minimum absolute atomic E-state index is 0.157. The Hall–Kier alpha value is -0.550. The van der Waals surface area contributed by atoms with E-state index in [-0.39, 0.29) is 6.03 Å². The molecule has 0 aromatic rings. The van der Waals surface area contributed by atoms with Crippen LogP contribution in [0.4, 0.5) is 4.79 Å². The van der Waals surface area contributed by atoms with Crippen LogP contribution in [-0.4, -0.2) is 39.9 Å². The molecular weight excluding hydrogens is 168 g/mol. The molecule has 0 aromatic heterocycles. The molecule has 1 saturated heterocycles. The Bertz CT molecular complexity index is 204. The van der Waals surface area contributed by atoms with Gasteiger partial charge in [-0.25, -0.2) is 4.79 Å². The Morgan fingerprint density at radius 2 is 1.40 bits per heavy atom. The summed E-state index contributed by atoms with van der Waals surface area (Å²) >= 11 is 9.68. The third-order valence-corrected chi connectivity index (χ3v) is 2.43. The van der Waals surface area contributed by atoms with E-state index in [0.29, 0.717) is 9.98 Å². The summed E-state index contributed by atoms with van der Waals surface area (Å²) in [5.41, 5.74) is 0. The zero-order valence-corrected chi connectivity index (χ0v) is 7.25.